The molecular formula is C20H21F3N4O3S. The summed E-state index contributed by atoms with van der Waals surface area (Å²) in [6, 6.07) is 4.11. The van der Waals surface area contributed by atoms with Crippen LogP contribution in [0.4, 0.5) is 19.1 Å². The number of hydrogen-bond donors (Lipinski definition) is 1. The van der Waals surface area contributed by atoms with E-state index in [1.54, 1.807) is 30.0 Å². The van der Waals surface area contributed by atoms with Crippen LogP contribution in [0.2, 0.25) is 0 Å². The maximum Gasteiger partial charge on any atom is 0.290 e. The Morgan fingerprint density at radius 2 is 2.06 bits per heavy atom. The summed E-state index contributed by atoms with van der Waals surface area (Å²) in [6.07, 6.45) is -0.191. The number of nitrogens with zero attached hydrogens (tertiary/aromatic N) is 3. The Kier molecular flexibility index (Phi) is 4.50. The van der Waals surface area contributed by atoms with Crippen LogP contribution in [0.25, 0.3) is 11.3 Å². The van der Waals surface area contributed by atoms with Crippen molar-refractivity contribution in [1.29, 1.82) is 0 Å². The number of aromatic nitrogens is 2. The van der Waals surface area contributed by atoms with Gasteiger partial charge in [0.15, 0.2) is 0 Å². The van der Waals surface area contributed by atoms with Crippen LogP contribution >= 0.6 is 0 Å². The predicted octanol–water partition coefficient (Wildman–Crippen LogP) is 2.71. The van der Waals surface area contributed by atoms with E-state index in [1.165, 1.54) is 0 Å². The Hall–Kier alpha value is -2.40. The third kappa shape index (κ3) is 3.43. The smallest absolute Gasteiger partial charge is 0.290 e. The van der Waals surface area contributed by atoms with E-state index in [0.29, 0.717) is 28.1 Å². The van der Waals surface area contributed by atoms with Crippen molar-refractivity contribution in [3.8, 4) is 17.0 Å². The molecule has 0 radical (unpaired) electrons. The van der Waals surface area contributed by atoms with Gasteiger partial charge in [-0.05, 0) is 19.4 Å². The van der Waals surface area contributed by atoms with Crippen molar-refractivity contribution < 1.29 is 26.3 Å². The Balaban J connectivity index is 1.57. The number of nitrogens with one attached hydrogen (secondary N) is 1. The minimum atomic E-state index is -3.43. The van der Waals surface area contributed by atoms with Gasteiger partial charge < -0.3 is 9.64 Å². The predicted molar refractivity (Wildman–Crippen MR) is 108 cm³/mol. The van der Waals surface area contributed by atoms with Crippen molar-refractivity contribution in [1.82, 2.24) is 14.7 Å². The number of halogens is 3. The lowest BCUT2D eigenvalue weighted by molar-refractivity contribution is -0.00598. The fourth-order valence-corrected chi connectivity index (χ4v) is 5.03. The van der Waals surface area contributed by atoms with E-state index < -0.39 is 34.2 Å². The Morgan fingerprint density at radius 1 is 1.29 bits per heavy atom. The van der Waals surface area contributed by atoms with Gasteiger partial charge in [0, 0.05) is 23.1 Å². The van der Waals surface area contributed by atoms with Gasteiger partial charge >= 0.3 is 0 Å². The van der Waals surface area contributed by atoms with E-state index in [0.717, 1.165) is 6.26 Å². The highest BCUT2D eigenvalue weighted by Gasteiger charge is 2.45. The second-order valence-corrected chi connectivity index (χ2v) is 10.1. The third-order valence-corrected chi connectivity index (χ3v) is 6.81. The quantitative estimate of drug-likeness (QED) is 0.765. The van der Waals surface area contributed by atoms with E-state index in [9.17, 15) is 21.6 Å². The number of benzene rings is 1. The van der Waals surface area contributed by atoms with Crippen LogP contribution < -0.4 is 14.4 Å². The van der Waals surface area contributed by atoms with Gasteiger partial charge in [-0.25, -0.2) is 27.5 Å². The Bertz CT molecular complexity index is 1170. The largest absolute Gasteiger partial charge is 0.491 e. The molecule has 0 spiro atoms. The number of sulfonamides is 1. The molecule has 0 unspecified atom stereocenters. The zero-order valence-corrected chi connectivity index (χ0v) is 17.7. The first-order chi connectivity index (χ1) is 14.5. The molecule has 2 aromatic rings. The molecular weight excluding hydrogens is 433 g/mol. The molecule has 1 N–H and O–H groups in total. The van der Waals surface area contributed by atoms with Crippen LogP contribution in [-0.4, -0.2) is 50.0 Å². The molecule has 7 nitrogen and oxygen atoms in total. The lowest BCUT2D eigenvalue weighted by Gasteiger charge is -2.42. The lowest BCUT2D eigenvalue weighted by Crippen LogP contribution is -2.57. The molecule has 11 heteroatoms. The highest BCUT2D eigenvalue weighted by atomic mass is 32.2. The minimum absolute atomic E-state index is 0.0666. The van der Waals surface area contributed by atoms with E-state index in [1.807, 2.05) is 0 Å². The maximum absolute atomic E-state index is 14.5. The number of hydrogen-bond acceptors (Lipinski definition) is 6. The summed E-state index contributed by atoms with van der Waals surface area (Å²) in [7, 11) is -3.43. The first kappa shape index (κ1) is 20.5. The molecule has 3 aliphatic rings. The molecule has 31 heavy (non-hydrogen) atoms. The topological polar surface area (TPSA) is 84.4 Å². The number of alkyl halides is 3. The second-order valence-electron chi connectivity index (χ2n) is 8.32. The number of fused-ring (bicyclic) bond motifs is 2. The van der Waals surface area contributed by atoms with Crippen LogP contribution in [0.1, 0.15) is 36.2 Å². The molecule has 1 aromatic carbocycles. The third-order valence-electron chi connectivity index (χ3n) is 6.10. The highest BCUT2D eigenvalue weighted by Crippen LogP contribution is 2.46. The Labute approximate surface area is 177 Å². The van der Waals surface area contributed by atoms with E-state index in [2.05, 4.69) is 14.7 Å². The van der Waals surface area contributed by atoms with Crippen LogP contribution in [0.5, 0.6) is 5.75 Å². The molecule has 2 aliphatic heterocycles. The van der Waals surface area contributed by atoms with Crippen molar-refractivity contribution >= 4 is 16.0 Å². The van der Waals surface area contributed by atoms with Gasteiger partial charge in [0.05, 0.1) is 30.6 Å². The van der Waals surface area contributed by atoms with Gasteiger partial charge in [0.2, 0.25) is 16.0 Å². The van der Waals surface area contributed by atoms with Crippen LogP contribution in [0.15, 0.2) is 18.2 Å². The summed E-state index contributed by atoms with van der Waals surface area (Å²) in [5, 5.41) is 0. The fraction of sp³-hybridized carbons (Fsp3) is 0.500. The average Bonchev–Trinajstić information content (AvgIpc) is 3.24. The first-order valence-electron chi connectivity index (χ1n) is 9.98. The monoisotopic (exact) mass is 454 g/mol. The SMILES string of the molecule is C[C@H]1[C@H](F)CN1c1nc(-c2ccc3c(c2)OC[C@@H]3NS(C)(=O)=O)c2c(n1)C(F)(F)CC2. The van der Waals surface area contributed by atoms with E-state index in [-0.39, 0.29) is 37.6 Å². The number of rotatable bonds is 4. The van der Waals surface area contributed by atoms with Crippen molar-refractivity contribution in [2.24, 2.45) is 0 Å². The van der Waals surface area contributed by atoms with Gasteiger partial charge in [0.1, 0.15) is 24.2 Å². The van der Waals surface area contributed by atoms with Crippen molar-refractivity contribution in [3.63, 3.8) is 0 Å². The molecule has 0 bridgehead atoms. The second kappa shape index (κ2) is 6.80. The van der Waals surface area contributed by atoms with E-state index in [4.69, 9.17) is 4.74 Å². The van der Waals surface area contributed by atoms with Gasteiger partial charge in [0.25, 0.3) is 5.92 Å². The minimum Gasteiger partial charge on any atom is -0.491 e. The molecule has 1 fully saturated rings. The van der Waals surface area contributed by atoms with Crippen molar-refractivity contribution in [2.75, 3.05) is 24.3 Å². The standard InChI is InChI=1S/C20H21F3N4O3S/c1-10-14(21)8-27(10)19-24-17(13-5-6-20(22,23)18(13)25-19)11-3-4-12-15(26-31(2,28)29)9-30-16(12)7-11/h3-4,7,10,14-15,26H,5-6,8-9H2,1-2H3/t10-,14+,15-/m0/s1. The lowest BCUT2D eigenvalue weighted by atomic mass is 10.0. The summed E-state index contributed by atoms with van der Waals surface area (Å²) in [5.41, 5.74) is 1.68. The van der Waals surface area contributed by atoms with Gasteiger partial charge in [-0.15, -0.1) is 0 Å². The molecule has 166 valence electrons. The zero-order valence-electron chi connectivity index (χ0n) is 16.9. The summed E-state index contributed by atoms with van der Waals surface area (Å²) in [4.78, 5) is 10.2. The molecule has 0 amide bonds. The first-order valence-corrected chi connectivity index (χ1v) is 11.9. The van der Waals surface area contributed by atoms with Crippen LogP contribution in [0.3, 0.4) is 0 Å². The average molecular weight is 454 g/mol. The van der Waals surface area contributed by atoms with Gasteiger partial charge in [-0.1, -0.05) is 12.1 Å². The van der Waals surface area contributed by atoms with Crippen LogP contribution in [0, 0.1) is 0 Å². The highest BCUT2D eigenvalue weighted by molar-refractivity contribution is 7.88. The zero-order chi connectivity index (χ0) is 22.1. The van der Waals surface area contributed by atoms with Crippen LogP contribution in [-0.2, 0) is 22.4 Å². The normalized spacial score (nSPS) is 26.2. The molecule has 3 heterocycles. The number of ether oxygens (including phenoxy) is 1. The molecule has 1 aliphatic carbocycles. The summed E-state index contributed by atoms with van der Waals surface area (Å²) in [5.74, 6) is -2.50. The Morgan fingerprint density at radius 3 is 2.74 bits per heavy atom. The van der Waals surface area contributed by atoms with E-state index >= 15 is 0 Å². The summed E-state index contributed by atoms with van der Waals surface area (Å²) < 4.78 is 74.0. The molecule has 0 saturated carbocycles. The summed E-state index contributed by atoms with van der Waals surface area (Å²) >= 11 is 0. The molecule has 3 atom stereocenters. The summed E-state index contributed by atoms with van der Waals surface area (Å²) in [6.45, 7) is 1.87. The molecule has 1 saturated heterocycles. The van der Waals surface area contributed by atoms with Crippen molar-refractivity contribution in [3.05, 3.63) is 35.0 Å². The van der Waals surface area contributed by atoms with Gasteiger partial charge in [-0.3, -0.25) is 0 Å². The van der Waals surface area contributed by atoms with Crippen molar-refractivity contribution in [2.45, 2.75) is 43.9 Å². The molecule has 1 aromatic heterocycles. The molecule has 5 rings (SSSR count). The number of anilines is 1. The van der Waals surface area contributed by atoms with Gasteiger partial charge in [-0.2, -0.15) is 8.78 Å². The maximum atomic E-state index is 14.5. The fourth-order valence-electron chi connectivity index (χ4n) is 4.32.